The van der Waals surface area contributed by atoms with Crippen LogP contribution in [0, 0.1) is 0 Å². The Labute approximate surface area is 183 Å². The molecule has 5 rings (SSSR count). The Kier molecular flexibility index (Phi) is 4.77. The molecule has 0 bridgehead atoms. The van der Waals surface area contributed by atoms with Crippen LogP contribution in [0.5, 0.6) is 0 Å². The first-order chi connectivity index (χ1) is 15.0. The molecule has 1 aromatic heterocycles. The molecule has 2 aromatic rings. The smallest absolute Gasteiger partial charge is 0.325 e. The van der Waals surface area contributed by atoms with E-state index in [9.17, 15) is 19.2 Å². The maximum atomic E-state index is 13.2. The Balaban J connectivity index is 1.23. The lowest BCUT2D eigenvalue weighted by Crippen LogP contribution is -2.53. The number of fused-ring (bicyclic) bond motifs is 2. The molecule has 5 amide bonds. The van der Waals surface area contributed by atoms with E-state index in [2.05, 4.69) is 5.32 Å². The first-order valence-corrected chi connectivity index (χ1v) is 11.2. The van der Waals surface area contributed by atoms with Crippen LogP contribution >= 0.6 is 11.3 Å². The third kappa shape index (κ3) is 3.20. The van der Waals surface area contributed by atoms with Crippen LogP contribution in [0.2, 0.25) is 0 Å². The highest BCUT2D eigenvalue weighted by atomic mass is 32.1. The van der Waals surface area contributed by atoms with Crippen LogP contribution in [0.1, 0.15) is 27.2 Å². The molecule has 1 N–H and O–H groups in total. The first kappa shape index (κ1) is 19.7. The van der Waals surface area contributed by atoms with Gasteiger partial charge in [-0.1, -0.05) is 30.3 Å². The van der Waals surface area contributed by atoms with E-state index in [0.29, 0.717) is 43.9 Å². The minimum atomic E-state index is -1.06. The Morgan fingerprint density at radius 3 is 2.48 bits per heavy atom. The average Bonchev–Trinajstić information content (AvgIpc) is 3.50. The lowest BCUT2D eigenvalue weighted by atomic mass is 9.92. The number of carbonyl (C=O) groups is 4. The van der Waals surface area contributed by atoms with Gasteiger partial charge in [-0.25, -0.2) is 4.79 Å². The molecule has 31 heavy (non-hydrogen) atoms. The van der Waals surface area contributed by atoms with Crippen LogP contribution in [-0.4, -0.2) is 71.2 Å². The largest absolute Gasteiger partial charge is 0.338 e. The van der Waals surface area contributed by atoms with Crippen molar-refractivity contribution in [3.05, 3.63) is 57.8 Å². The van der Waals surface area contributed by atoms with Gasteiger partial charge in [0.05, 0.1) is 4.88 Å². The summed E-state index contributed by atoms with van der Waals surface area (Å²) in [5.74, 6) is -0.671. The van der Waals surface area contributed by atoms with Gasteiger partial charge in [0, 0.05) is 26.2 Å². The SMILES string of the molecule is O=C(CN1C(=O)NC2(CCc3ccccc32)C1=O)N1CCN(C(=O)c2cccs2)CC1. The van der Waals surface area contributed by atoms with Crippen LogP contribution in [0.3, 0.4) is 0 Å². The van der Waals surface area contributed by atoms with E-state index in [4.69, 9.17) is 0 Å². The van der Waals surface area contributed by atoms with Gasteiger partial charge in [0.15, 0.2) is 0 Å². The molecular weight excluding hydrogens is 416 g/mol. The van der Waals surface area contributed by atoms with Crippen LogP contribution in [0.4, 0.5) is 4.79 Å². The van der Waals surface area contributed by atoms with Gasteiger partial charge in [0.1, 0.15) is 12.1 Å². The average molecular weight is 439 g/mol. The topological polar surface area (TPSA) is 90.0 Å². The fourth-order valence-electron chi connectivity index (χ4n) is 4.68. The number of amides is 5. The normalized spacial score (nSPS) is 22.8. The summed E-state index contributed by atoms with van der Waals surface area (Å²) < 4.78 is 0. The maximum Gasteiger partial charge on any atom is 0.325 e. The molecular formula is C22H22N4O4S. The fourth-order valence-corrected chi connectivity index (χ4v) is 5.37. The highest BCUT2D eigenvalue weighted by Gasteiger charge is 2.55. The Hall–Kier alpha value is -3.20. The lowest BCUT2D eigenvalue weighted by Gasteiger charge is -2.35. The van der Waals surface area contributed by atoms with Crippen LogP contribution < -0.4 is 5.32 Å². The number of piperazine rings is 1. The van der Waals surface area contributed by atoms with Gasteiger partial charge in [0.2, 0.25) is 5.91 Å². The van der Waals surface area contributed by atoms with E-state index in [0.717, 1.165) is 16.0 Å². The van der Waals surface area contributed by atoms with Gasteiger partial charge >= 0.3 is 6.03 Å². The Morgan fingerprint density at radius 2 is 1.74 bits per heavy atom. The quantitative estimate of drug-likeness (QED) is 0.734. The number of nitrogens with one attached hydrogen (secondary N) is 1. The third-order valence-corrected chi connectivity index (χ3v) is 7.22. The molecule has 9 heteroatoms. The second-order valence-electron chi connectivity index (χ2n) is 8.03. The zero-order valence-electron chi connectivity index (χ0n) is 16.9. The van der Waals surface area contributed by atoms with Crippen molar-refractivity contribution in [2.24, 2.45) is 0 Å². The van der Waals surface area contributed by atoms with Gasteiger partial charge in [-0.2, -0.15) is 0 Å². The van der Waals surface area contributed by atoms with Gasteiger partial charge in [-0.05, 0) is 35.4 Å². The van der Waals surface area contributed by atoms with Crippen molar-refractivity contribution in [3.8, 4) is 0 Å². The predicted octanol–water partition coefficient (Wildman–Crippen LogP) is 1.43. The van der Waals surface area contributed by atoms with E-state index in [1.54, 1.807) is 15.9 Å². The van der Waals surface area contributed by atoms with Crippen molar-refractivity contribution in [2.75, 3.05) is 32.7 Å². The Morgan fingerprint density at radius 1 is 1.00 bits per heavy atom. The fraction of sp³-hybridized carbons (Fsp3) is 0.364. The highest BCUT2D eigenvalue weighted by Crippen LogP contribution is 2.41. The number of aryl methyl sites for hydroxylation is 1. The van der Waals surface area contributed by atoms with Crippen molar-refractivity contribution < 1.29 is 19.2 Å². The highest BCUT2D eigenvalue weighted by molar-refractivity contribution is 7.12. The van der Waals surface area contributed by atoms with Gasteiger partial charge < -0.3 is 15.1 Å². The first-order valence-electron chi connectivity index (χ1n) is 10.3. The van der Waals surface area contributed by atoms with Gasteiger partial charge in [-0.15, -0.1) is 11.3 Å². The molecule has 2 aliphatic heterocycles. The standard InChI is InChI=1S/C22H22N4O4S/c27-18(24-9-11-25(12-10-24)19(28)17-6-3-13-31-17)14-26-20(29)22(23-21(26)30)8-7-15-4-1-2-5-16(15)22/h1-6,13H,7-12,14H2,(H,23,30). The molecule has 8 nitrogen and oxygen atoms in total. The number of rotatable bonds is 3. The van der Waals surface area contributed by atoms with Crippen LogP contribution in [0.15, 0.2) is 41.8 Å². The molecule has 2 fully saturated rings. The molecule has 1 aromatic carbocycles. The van der Waals surface area contributed by atoms with Crippen molar-refractivity contribution in [1.29, 1.82) is 0 Å². The van der Waals surface area contributed by atoms with Crippen molar-refractivity contribution in [3.63, 3.8) is 0 Å². The maximum absolute atomic E-state index is 13.2. The molecule has 0 radical (unpaired) electrons. The van der Waals surface area contributed by atoms with E-state index in [-0.39, 0.29) is 24.3 Å². The minimum absolute atomic E-state index is 0.0296. The second kappa shape index (κ2) is 7.49. The summed E-state index contributed by atoms with van der Waals surface area (Å²) in [6.07, 6.45) is 1.22. The predicted molar refractivity (Wildman–Crippen MR) is 113 cm³/mol. The van der Waals surface area contributed by atoms with Crippen LogP contribution in [0.25, 0.3) is 0 Å². The summed E-state index contributed by atoms with van der Waals surface area (Å²) in [4.78, 5) is 56.2. The van der Waals surface area contributed by atoms with Crippen molar-refractivity contribution in [1.82, 2.24) is 20.0 Å². The molecule has 1 spiro atoms. The van der Waals surface area contributed by atoms with E-state index >= 15 is 0 Å². The van der Waals surface area contributed by atoms with Gasteiger partial charge in [0.25, 0.3) is 11.8 Å². The molecule has 1 atom stereocenters. The summed E-state index contributed by atoms with van der Waals surface area (Å²) >= 11 is 1.40. The number of nitrogens with zero attached hydrogens (tertiary/aromatic N) is 3. The van der Waals surface area contributed by atoms with E-state index in [1.165, 1.54) is 11.3 Å². The summed E-state index contributed by atoms with van der Waals surface area (Å²) in [6.45, 7) is 1.34. The Bertz CT molecular complexity index is 1060. The summed E-state index contributed by atoms with van der Waals surface area (Å²) in [5, 5.41) is 4.71. The summed E-state index contributed by atoms with van der Waals surface area (Å²) in [5.41, 5.74) is 0.819. The summed E-state index contributed by atoms with van der Waals surface area (Å²) in [6, 6.07) is 10.7. The number of hydrogen-bond acceptors (Lipinski definition) is 5. The molecule has 3 heterocycles. The number of imide groups is 1. The number of benzene rings is 1. The second-order valence-corrected chi connectivity index (χ2v) is 8.98. The third-order valence-electron chi connectivity index (χ3n) is 6.37. The molecule has 1 aliphatic carbocycles. The van der Waals surface area contributed by atoms with Crippen LogP contribution in [-0.2, 0) is 21.5 Å². The van der Waals surface area contributed by atoms with Crippen molar-refractivity contribution >= 4 is 35.1 Å². The molecule has 160 valence electrons. The van der Waals surface area contributed by atoms with E-state index in [1.807, 2.05) is 35.7 Å². The molecule has 3 aliphatic rings. The molecule has 1 unspecified atom stereocenters. The monoisotopic (exact) mass is 438 g/mol. The molecule has 2 saturated heterocycles. The number of urea groups is 1. The number of hydrogen-bond donors (Lipinski definition) is 1. The zero-order chi connectivity index (χ0) is 21.6. The number of thiophene rings is 1. The number of carbonyl (C=O) groups excluding carboxylic acids is 4. The lowest BCUT2D eigenvalue weighted by molar-refractivity contribution is -0.140. The molecule has 0 saturated carbocycles. The summed E-state index contributed by atoms with van der Waals surface area (Å²) in [7, 11) is 0. The zero-order valence-corrected chi connectivity index (χ0v) is 17.7. The minimum Gasteiger partial charge on any atom is -0.338 e. The van der Waals surface area contributed by atoms with Gasteiger partial charge in [-0.3, -0.25) is 19.3 Å². The van der Waals surface area contributed by atoms with Crippen molar-refractivity contribution in [2.45, 2.75) is 18.4 Å². The van der Waals surface area contributed by atoms with E-state index < -0.39 is 11.6 Å².